The fourth-order valence-corrected chi connectivity index (χ4v) is 2.59. The van der Waals surface area contributed by atoms with E-state index in [2.05, 4.69) is 5.16 Å². The van der Waals surface area contributed by atoms with E-state index in [9.17, 15) is 9.18 Å². The minimum Gasteiger partial charge on any atom is -0.395 e. The fraction of sp³-hybridized carbons (Fsp3) is 0.222. The van der Waals surface area contributed by atoms with Gasteiger partial charge in [-0.2, -0.15) is 0 Å². The van der Waals surface area contributed by atoms with Crippen LogP contribution in [0, 0.1) is 5.82 Å². The molecule has 0 saturated carbocycles. The number of amides is 1. The van der Waals surface area contributed by atoms with Crippen molar-refractivity contribution in [1.29, 1.82) is 0 Å². The van der Waals surface area contributed by atoms with Gasteiger partial charge in [-0.05, 0) is 49.4 Å². The van der Waals surface area contributed by atoms with E-state index in [4.69, 9.17) is 9.63 Å². The topological polar surface area (TPSA) is 66.6 Å². The van der Waals surface area contributed by atoms with Crippen LogP contribution >= 0.6 is 0 Å². The largest absolute Gasteiger partial charge is 0.395 e. The first kappa shape index (κ1) is 16.1. The van der Waals surface area contributed by atoms with Crippen LogP contribution in [0.25, 0.3) is 22.2 Å². The van der Waals surface area contributed by atoms with E-state index in [-0.39, 0.29) is 24.9 Å². The third kappa shape index (κ3) is 3.00. The van der Waals surface area contributed by atoms with Gasteiger partial charge in [-0.15, -0.1) is 0 Å². The Labute approximate surface area is 138 Å². The average molecular weight is 328 g/mol. The van der Waals surface area contributed by atoms with Crippen LogP contribution in [0.5, 0.6) is 0 Å². The first-order valence-electron chi connectivity index (χ1n) is 7.69. The molecule has 0 aliphatic rings. The minimum atomic E-state index is -0.332. The number of aromatic nitrogens is 1. The Hall–Kier alpha value is -2.73. The summed E-state index contributed by atoms with van der Waals surface area (Å²) < 4.78 is 18.5. The van der Waals surface area contributed by atoms with Gasteiger partial charge >= 0.3 is 0 Å². The van der Waals surface area contributed by atoms with E-state index in [0.717, 1.165) is 0 Å². The molecule has 1 heterocycles. The maximum absolute atomic E-state index is 13.1. The lowest BCUT2D eigenvalue weighted by Gasteiger charge is -2.19. The first-order valence-corrected chi connectivity index (χ1v) is 7.69. The SMILES string of the molecule is CCN(CCO)C(=O)c1ccc2noc(-c3ccc(F)cc3)c2c1. The highest BCUT2D eigenvalue weighted by Crippen LogP contribution is 2.29. The number of aliphatic hydroxyl groups excluding tert-OH is 1. The monoisotopic (exact) mass is 328 g/mol. The molecule has 2 aromatic carbocycles. The molecule has 1 aromatic heterocycles. The molecule has 0 radical (unpaired) electrons. The van der Waals surface area contributed by atoms with Crippen LogP contribution in [0.15, 0.2) is 47.0 Å². The van der Waals surface area contributed by atoms with Gasteiger partial charge in [0, 0.05) is 24.2 Å². The highest BCUT2D eigenvalue weighted by Gasteiger charge is 2.17. The van der Waals surface area contributed by atoms with Crippen LogP contribution in [0.1, 0.15) is 17.3 Å². The molecular weight excluding hydrogens is 311 g/mol. The molecule has 0 saturated heterocycles. The Balaban J connectivity index is 2.02. The highest BCUT2D eigenvalue weighted by atomic mass is 19.1. The summed E-state index contributed by atoms with van der Waals surface area (Å²) >= 11 is 0. The predicted octanol–water partition coefficient (Wildman–Crippen LogP) is 3.09. The van der Waals surface area contributed by atoms with E-state index in [1.54, 1.807) is 35.2 Å². The standard InChI is InChI=1S/C18H17FN2O3/c1-2-21(9-10-22)18(23)13-5-8-16-15(11-13)17(24-20-16)12-3-6-14(19)7-4-12/h3-8,11,22H,2,9-10H2,1H3. The van der Waals surface area contributed by atoms with Crippen LogP contribution in [0.4, 0.5) is 4.39 Å². The van der Waals surface area contributed by atoms with Crippen molar-refractivity contribution < 1.29 is 18.8 Å². The fourth-order valence-electron chi connectivity index (χ4n) is 2.59. The molecule has 3 rings (SSSR count). The molecule has 0 bridgehead atoms. The summed E-state index contributed by atoms with van der Waals surface area (Å²) in [5.74, 6) is -0.00871. The number of hydrogen-bond donors (Lipinski definition) is 1. The molecule has 124 valence electrons. The number of halogens is 1. The van der Waals surface area contributed by atoms with E-state index in [0.29, 0.717) is 34.3 Å². The predicted molar refractivity (Wildman–Crippen MR) is 88.1 cm³/mol. The maximum atomic E-state index is 13.1. The van der Waals surface area contributed by atoms with Crippen LogP contribution in [0.3, 0.4) is 0 Å². The number of carbonyl (C=O) groups excluding carboxylic acids is 1. The lowest BCUT2D eigenvalue weighted by molar-refractivity contribution is 0.0732. The zero-order chi connectivity index (χ0) is 17.1. The zero-order valence-electron chi connectivity index (χ0n) is 13.2. The van der Waals surface area contributed by atoms with Crippen molar-refractivity contribution in [3.8, 4) is 11.3 Å². The van der Waals surface area contributed by atoms with Crippen LogP contribution in [-0.2, 0) is 0 Å². The second-order valence-corrected chi connectivity index (χ2v) is 5.36. The smallest absolute Gasteiger partial charge is 0.253 e. The number of rotatable bonds is 5. The van der Waals surface area contributed by atoms with E-state index >= 15 is 0 Å². The Kier molecular flexibility index (Phi) is 4.57. The molecule has 0 fully saturated rings. The molecule has 0 atom stereocenters. The van der Waals surface area contributed by atoms with Gasteiger partial charge in [-0.1, -0.05) is 5.16 Å². The molecule has 1 amide bonds. The van der Waals surface area contributed by atoms with Gasteiger partial charge in [0.25, 0.3) is 5.91 Å². The van der Waals surface area contributed by atoms with Gasteiger partial charge in [0.15, 0.2) is 5.76 Å². The molecule has 1 N–H and O–H groups in total. The van der Waals surface area contributed by atoms with E-state index in [1.807, 2.05) is 6.92 Å². The van der Waals surface area contributed by atoms with Crippen molar-refractivity contribution in [3.05, 3.63) is 53.8 Å². The lowest BCUT2D eigenvalue weighted by Crippen LogP contribution is -2.33. The molecule has 5 nitrogen and oxygen atoms in total. The quantitative estimate of drug-likeness (QED) is 0.781. The van der Waals surface area contributed by atoms with E-state index in [1.165, 1.54) is 12.1 Å². The number of likely N-dealkylation sites (N-methyl/N-ethyl adjacent to an activating group) is 1. The summed E-state index contributed by atoms with van der Waals surface area (Å²) in [5.41, 5.74) is 1.80. The summed E-state index contributed by atoms with van der Waals surface area (Å²) in [5, 5.41) is 13.7. The Morgan fingerprint density at radius 1 is 1.25 bits per heavy atom. The number of carbonyl (C=O) groups is 1. The molecule has 3 aromatic rings. The molecule has 0 aliphatic heterocycles. The van der Waals surface area contributed by atoms with Crippen molar-refractivity contribution >= 4 is 16.8 Å². The van der Waals surface area contributed by atoms with Crippen LogP contribution in [-0.4, -0.2) is 40.8 Å². The van der Waals surface area contributed by atoms with Crippen molar-refractivity contribution in [1.82, 2.24) is 10.1 Å². The minimum absolute atomic E-state index is 0.0874. The molecule has 0 unspecified atom stereocenters. The van der Waals surface area contributed by atoms with Gasteiger partial charge in [-0.25, -0.2) is 4.39 Å². The van der Waals surface area contributed by atoms with Gasteiger partial charge < -0.3 is 14.5 Å². The second kappa shape index (κ2) is 6.80. The maximum Gasteiger partial charge on any atom is 0.253 e. The van der Waals surface area contributed by atoms with Gasteiger partial charge in [-0.3, -0.25) is 4.79 Å². The highest BCUT2D eigenvalue weighted by molar-refractivity contribution is 6.01. The molecule has 6 heteroatoms. The van der Waals surface area contributed by atoms with Gasteiger partial charge in [0.05, 0.1) is 12.0 Å². The third-order valence-electron chi connectivity index (χ3n) is 3.87. The van der Waals surface area contributed by atoms with Crippen molar-refractivity contribution in [3.63, 3.8) is 0 Å². The summed E-state index contributed by atoms with van der Waals surface area (Å²) in [4.78, 5) is 14.1. The Morgan fingerprint density at radius 3 is 2.67 bits per heavy atom. The van der Waals surface area contributed by atoms with E-state index < -0.39 is 0 Å². The van der Waals surface area contributed by atoms with Crippen molar-refractivity contribution in [2.45, 2.75) is 6.92 Å². The molecule has 0 aliphatic carbocycles. The normalized spacial score (nSPS) is 11.0. The Bertz CT molecular complexity index is 858. The number of benzene rings is 2. The average Bonchev–Trinajstić information content (AvgIpc) is 3.03. The van der Waals surface area contributed by atoms with Crippen molar-refractivity contribution in [2.24, 2.45) is 0 Å². The van der Waals surface area contributed by atoms with Crippen molar-refractivity contribution in [2.75, 3.05) is 19.7 Å². The zero-order valence-corrected chi connectivity index (χ0v) is 13.2. The van der Waals surface area contributed by atoms with Crippen LogP contribution in [0.2, 0.25) is 0 Å². The van der Waals surface area contributed by atoms with Gasteiger partial charge in [0.2, 0.25) is 0 Å². The number of aliphatic hydroxyl groups is 1. The summed E-state index contributed by atoms with van der Waals surface area (Å²) in [6.07, 6.45) is 0. The first-order chi connectivity index (χ1) is 11.6. The summed E-state index contributed by atoms with van der Waals surface area (Å²) in [6, 6.07) is 11.0. The summed E-state index contributed by atoms with van der Waals surface area (Å²) in [6.45, 7) is 2.55. The summed E-state index contributed by atoms with van der Waals surface area (Å²) in [7, 11) is 0. The number of nitrogens with zero attached hydrogens (tertiary/aromatic N) is 2. The molecule has 0 spiro atoms. The Morgan fingerprint density at radius 2 is 2.00 bits per heavy atom. The second-order valence-electron chi connectivity index (χ2n) is 5.36. The van der Waals surface area contributed by atoms with Crippen LogP contribution < -0.4 is 0 Å². The molecular formula is C18H17FN2O3. The lowest BCUT2D eigenvalue weighted by atomic mass is 10.1. The number of hydrogen-bond acceptors (Lipinski definition) is 4. The third-order valence-corrected chi connectivity index (χ3v) is 3.87. The van der Waals surface area contributed by atoms with Gasteiger partial charge in [0.1, 0.15) is 11.3 Å². The number of fused-ring (bicyclic) bond motifs is 1. The molecule has 24 heavy (non-hydrogen) atoms.